The zero-order valence-electron chi connectivity index (χ0n) is 19.4. The van der Waals surface area contributed by atoms with Crippen LogP contribution in [-0.4, -0.2) is 23.9 Å². The maximum absolute atomic E-state index is 13.3. The van der Waals surface area contributed by atoms with Gasteiger partial charge >= 0.3 is 213 Å². The van der Waals surface area contributed by atoms with Crippen molar-refractivity contribution in [3.05, 3.63) is 116 Å². The topological polar surface area (TPSA) is 96.0 Å². The fourth-order valence-corrected chi connectivity index (χ4v) is 11.1. The molecule has 7 nitrogen and oxygen atoms in total. The van der Waals surface area contributed by atoms with Crippen molar-refractivity contribution in [1.29, 1.82) is 0 Å². The monoisotopic (exact) mass is 638 g/mol. The van der Waals surface area contributed by atoms with Gasteiger partial charge in [-0.25, -0.2) is 0 Å². The van der Waals surface area contributed by atoms with Crippen LogP contribution in [0.2, 0.25) is 0 Å². The van der Waals surface area contributed by atoms with Gasteiger partial charge in [0.2, 0.25) is 0 Å². The number of hydrogen-bond donors (Lipinski definition) is 0. The first-order valence-electron chi connectivity index (χ1n) is 10.6. The fourth-order valence-electron chi connectivity index (χ4n) is 3.12. The molecule has 0 bridgehead atoms. The summed E-state index contributed by atoms with van der Waals surface area (Å²) < 4.78 is 70.0. The predicted molar refractivity (Wildman–Crippen MR) is 145 cm³/mol. The Morgan fingerprint density at radius 2 is 1.14 bits per heavy atom. The standard InChI is InChI=1S/C26H23IO7S2/c1-20-13-15-23(16-14-20)35(28,29)33-25-18-17-24(19-26(25)32-2)36(30,31)34-27(21-9-5-3-6-10-21)22-11-7-4-8-12-22/h3-19H,1-2H3. The van der Waals surface area contributed by atoms with E-state index in [1.165, 1.54) is 37.4 Å². The Morgan fingerprint density at radius 3 is 1.67 bits per heavy atom. The van der Waals surface area contributed by atoms with Crippen LogP contribution in [0.4, 0.5) is 0 Å². The Labute approximate surface area is 218 Å². The van der Waals surface area contributed by atoms with Gasteiger partial charge in [-0.1, -0.05) is 0 Å². The average Bonchev–Trinajstić information content (AvgIpc) is 2.88. The van der Waals surface area contributed by atoms with Gasteiger partial charge in [-0.15, -0.1) is 0 Å². The van der Waals surface area contributed by atoms with Crippen LogP contribution in [-0.2, 0) is 22.7 Å². The van der Waals surface area contributed by atoms with Gasteiger partial charge in [-0.3, -0.25) is 0 Å². The van der Waals surface area contributed by atoms with Crippen molar-refractivity contribution in [1.82, 2.24) is 0 Å². The summed E-state index contributed by atoms with van der Waals surface area (Å²) in [5.41, 5.74) is 0.898. The summed E-state index contributed by atoms with van der Waals surface area (Å²) in [6.45, 7) is 1.84. The van der Waals surface area contributed by atoms with E-state index in [1.54, 1.807) is 12.1 Å². The van der Waals surface area contributed by atoms with Crippen LogP contribution >= 0.6 is 20.2 Å². The molecule has 0 amide bonds. The SMILES string of the molecule is COc1cc(S(=O)(=O)OI(c2ccccc2)c2ccccc2)ccc1OS(=O)(=O)c1ccc(C)cc1. The normalized spacial score (nSPS) is 12.1. The summed E-state index contributed by atoms with van der Waals surface area (Å²) in [5.74, 6) is -0.200. The predicted octanol–water partition coefficient (Wildman–Crippen LogP) is 5.64. The number of benzene rings is 4. The number of ether oxygens (including phenoxy) is 1. The van der Waals surface area contributed by atoms with E-state index in [4.69, 9.17) is 11.4 Å². The van der Waals surface area contributed by atoms with Crippen molar-refractivity contribution in [3.8, 4) is 11.5 Å². The molecule has 0 aliphatic rings. The maximum atomic E-state index is 13.3. The van der Waals surface area contributed by atoms with Crippen LogP contribution in [0.15, 0.2) is 113 Å². The molecule has 0 radical (unpaired) electrons. The van der Waals surface area contributed by atoms with Crippen LogP contribution in [0.1, 0.15) is 5.56 Å². The van der Waals surface area contributed by atoms with Crippen molar-refractivity contribution in [3.63, 3.8) is 0 Å². The van der Waals surface area contributed by atoms with E-state index < -0.39 is 40.5 Å². The van der Waals surface area contributed by atoms with Crippen molar-refractivity contribution in [2.75, 3.05) is 7.11 Å². The van der Waals surface area contributed by atoms with Crippen molar-refractivity contribution in [2.24, 2.45) is 0 Å². The van der Waals surface area contributed by atoms with E-state index in [1.807, 2.05) is 67.6 Å². The van der Waals surface area contributed by atoms with E-state index in [2.05, 4.69) is 0 Å². The van der Waals surface area contributed by atoms with Gasteiger partial charge in [0.1, 0.15) is 0 Å². The number of rotatable bonds is 9. The molecule has 0 heterocycles. The molecular formula is C26H23IO7S2. The van der Waals surface area contributed by atoms with Gasteiger partial charge in [-0.05, 0) is 6.92 Å². The Hall–Kier alpha value is -2.93. The first-order valence-corrected chi connectivity index (χ1v) is 16.5. The Morgan fingerprint density at radius 1 is 0.611 bits per heavy atom. The minimum atomic E-state index is -4.22. The van der Waals surface area contributed by atoms with E-state index in [9.17, 15) is 16.8 Å². The molecule has 36 heavy (non-hydrogen) atoms. The van der Waals surface area contributed by atoms with Gasteiger partial charge in [0.15, 0.2) is 0 Å². The Balaban J connectivity index is 1.65. The summed E-state index contributed by atoms with van der Waals surface area (Å²) in [6.07, 6.45) is 0. The third kappa shape index (κ3) is 6.06. The zero-order valence-corrected chi connectivity index (χ0v) is 23.2. The van der Waals surface area contributed by atoms with Crippen LogP contribution in [0, 0.1) is 14.1 Å². The molecule has 0 aromatic heterocycles. The molecule has 0 saturated heterocycles. The first-order chi connectivity index (χ1) is 17.2. The number of hydrogen-bond acceptors (Lipinski definition) is 7. The van der Waals surface area contributed by atoms with E-state index in [0.29, 0.717) is 0 Å². The van der Waals surface area contributed by atoms with E-state index in [0.717, 1.165) is 12.7 Å². The molecule has 4 aromatic rings. The summed E-state index contributed by atoms with van der Waals surface area (Å²) >= 11 is -2.84. The Bertz CT molecular complexity index is 1500. The van der Waals surface area contributed by atoms with Gasteiger partial charge in [0.25, 0.3) is 0 Å². The average molecular weight is 639 g/mol. The molecule has 0 N–H and O–H groups in total. The molecule has 10 heteroatoms. The van der Waals surface area contributed by atoms with Gasteiger partial charge in [0, 0.05) is 0 Å². The molecule has 0 atom stereocenters. The van der Waals surface area contributed by atoms with Crippen molar-refractivity contribution < 1.29 is 28.3 Å². The van der Waals surface area contributed by atoms with E-state index in [-0.39, 0.29) is 21.3 Å². The second kappa shape index (κ2) is 11.0. The summed E-state index contributed by atoms with van der Waals surface area (Å²) in [7, 11) is -7.08. The zero-order chi connectivity index (χ0) is 25.8. The van der Waals surface area contributed by atoms with Gasteiger partial charge < -0.3 is 0 Å². The summed E-state index contributed by atoms with van der Waals surface area (Å²) in [5, 5.41) is 0. The Kier molecular flexibility index (Phi) is 7.98. The van der Waals surface area contributed by atoms with Crippen LogP contribution in [0.5, 0.6) is 11.5 Å². The molecule has 0 unspecified atom stereocenters. The third-order valence-electron chi connectivity index (χ3n) is 4.94. The molecule has 0 fully saturated rings. The van der Waals surface area contributed by atoms with Gasteiger partial charge in [-0.2, -0.15) is 0 Å². The van der Waals surface area contributed by atoms with E-state index >= 15 is 0 Å². The molecule has 0 spiro atoms. The second-order valence-corrected chi connectivity index (χ2v) is 15.6. The molecule has 0 saturated carbocycles. The van der Waals surface area contributed by atoms with Crippen LogP contribution in [0.25, 0.3) is 0 Å². The number of halogens is 1. The van der Waals surface area contributed by atoms with Crippen molar-refractivity contribution >= 4 is 40.5 Å². The second-order valence-electron chi connectivity index (χ2n) is 7.52. The van der Waals surface area contributed by atoms with Gasteiger partial charge in [0.05, 0.1) is 0 Å². The molecule has 0 aliphatic heterocycles. The van der Waals surface area contributed by atoms with Crippen molar-refractivity contribution in [2.45, 2.75) is 16.7 Å². The fraction of sp³-hybridized carbons (Fsp3) is 0.0769. The molecule has 4 aromatic carbocycles. The molecule has 0 aliphatic carbocycles. The first kappa shape index (κ1) is 26.1. The molecular weight excluding hydrogens is 615 g/mol. The number of aryl methyl sites for hydroxylation is 1. The number of methoxy groups -OCH3 is 1. The minimum absolute atomic E-state index is 0.0319. The van der Waals surface area contributed by atoms with Crippen LogP contribution < -0.4 is 8.92 Å². The van der Waals surface area contributed by atoms with Crippen LogP contribution in [0.3, 0.4) is 0 Å². The summed E-state index contributed by atoms with van der Waals surface area (Å²) in [6, 6.07) is 28.3. The molecule has 4 rings (SSSR count). The quantitative estimate of drug-likeness (QED) is 0.173. The summed E-state index contributed by atoms with van der Waals surface area (Å²) in [4.78, 5) is -0.205. The molecule has 188 valence electrons. The third-order valence-corrected chi connectivity index (χ3v) is 13.5.